The van der Waals surface area contributed by atoms with Crippen molar-refractivity contribution in [1.82, 2.24) is 10.0 Å². The van der Waals surface area contributed by atoms with Gasteiger partial charge in [0.2, 0.25) is 15.9 Å². The number of rotatable bonds is 14. The molecule has 0 aromatic rings. The van der Waals surface area contributed by atoms with Crippen molar-refractivity contribution in [3.8, 4) is 0 Å². The van der Waals surface area contributed by atoms with Crippen molar-refractivity contribution in [2.75, 3.05) is 19.8 Å². The molecule has 0 saturated heterocycles. The summed E-state index contributed by atoms with van der Waals surface area (Å²) < 4.78 is 31.2. The van der Waals surface area contributed by atoms with E-state index < -0.39 is 14.8 Å². The topological polar surface area (TPSA) is 84.5 Å². The summed E-state index contributed by atoms with van der Waals surface area (Å²) in [5.41, 5.74) is 0.718. The Morgan fingerprint density at radius 2 is 1.93 bits per heavy atom. The van der Waals surface area contributed by atoms with Gasteiger partial charge < -0.3 is 10.1 Å². The van der Waals surface area contributed by atoms with Gasteiger partial charge in [-0.15, -0.1) is 0 Å². The van der Waals surface area contributed by atoms with Crippen LogP contribution in [0.5, 0.6) is 0 Å². The van der Waals surface area contributed by atoms with E-state index in [2.05, 4.69) is 16.6 Å². The summed E-state index contributed by atoms with van der Waals surface area (Å²) in [7, 11) is -3.32. The Labute approximate surface area is 164 Å². The van der Waals surface area contributed by atoms with Crippen LogP contribution in [-0.4, -0.2) is 38.8 Å². The fourth-order valence-electron chi connectivity index (χ4n) is 2.22. The number of amides is 1. The first-order chi connectivity index (χ1) is 12.7. The average molecular weight is 401 g/mol. The maximum absolute atomic E-state index is 12.0. The lowest BCUT2D eigenvalue weighted by Gasteiger charge is -2.19. The Morgan fingerprint density at radius 1 is 1.22 bits per heavy atom. The SMILES string of the molecule is C=C/C(=C\CCCOCC1CC1)NC(=O)CCCCNS(=O)(=O)C(C)(C)C. The molecule has 0 aromatic heterocycles. The molecule has 0 heterocycles. The molecule has 6 nitrogen and oxygen atoms in total. The van der Waals surface area contributed by atoms with Crippen LogP contribution in [0.3, 0.4) is 0 Å². The molecule has 0 aromatic carbocycles. The lowest BCUT2D eigenvalue weighted by molar-refractivity contribution is -0.120. The van der Waals surface area contributed by atoms with Crippen LogP contribution in [0.1, 0.15) is 65.7 Å². The molecule has 2 N–H and O–H groups in total. The van der Waals surface area contributed by atoms with E-state index in [0.717, 1.165) is 37.7 Å². The zero-order chi connectivity index (χ0) is 20.3. The van der Waals surface area contributed by atoms with Crippen molar-refractivity contribution in [2.24, 2.45) is 5.92 Å². The highest BCUT2D eigenvalue weighted by Crippen LogP contribution is 2.28. The highest BCUT2D eigenvalue weighted by atomic mass is 32.2. The molecule has 27 heavy (non-hydrogen) atoms. The van der Waals surface area contributed by atoms with Gasteiger partial charge in [0.05, 0.1) is 4.75 Å². The lowest BCUT2D eigenvalue weighted by atomic mass is 10.2. The van der Waals surface area contributed by atoms with Crippen molar-refractivity contribution in [3.05, 3.63) is 24.4 Å². The second kappa shape index (κ2) is 11.6. The maximum Gasteiger partial charge on any atom is 0.224 e. The number of carbonyl (C=O) groups is 1. The van der Waals surface area contributed by atoms with Crippen LogP contribution in [0.15, 0.2) is 24.4 Å². The minimum absolute atomic E-state index is 0.0789. The van der Waals surface area contributed by atoms with Gasteiger partial charge in [0.15, 0.2) is 0 Å². The van der Waals surface area contributed by atoms with Crippen LogP contribution < -0.4 is 10.0 Å². The zero-order valence-electron chi connectivity index (χ0n) is 17.1. The third kappa shape index (κ3) is 10.7. The Morgan fingerprint density at radius 3 is 2.52 bits per heavy atom. The van der Waals surface area contributed by atoms with E-state index in [4.69, 9.17) is 4.74 Å². The van der Waals surface area contributed by atoms with Gasteiger partial charge in [-0.2, -0.15) is 0 Å². The summed E-state index contributed by atoms with van der Waals surface area (Å²) >= 11 is 0. The number of nitrogens with one attached hydrogen (secondary N) is 2. The predicted molar refractivity (Wildman–Crippen MR) is 110 cm³/mol. The molecule has 0 spiro atoms. The zero-order valence-corrected chi connectivity index (χ0v) is 17.9. The molecule has 1 amide bonds. The minimum Gasteiger partial charge on any atom is -0.381 e. The van der Waals surface area contributed by atoms with Crippen LogP contribution in [0.2, 0.25) is 0 Å². The number of ether oxygens (including phenoxy) is 1. The van der Waals surface area contributed by atoms with E-state index in [0.29, 0.717) is 25.8 Å². The molecule has 0 bridgehead atoms. The predicted octanol–water partition coefficient (Wildman–Crippen LogP) is 3.27. The van der Waals surface area contributed by atoms with Crippen molar-refractivity contribution in [1.29, 1.82) is 0 Å². The number of hydrogen-bond donors (Lipinski definition) is 2. The van der Waals surface area contributed by atoms with Gasteiger partial charge in [-0.1, -0.05) is 12.7 Å². The largest absolute Gasteiger partial charge is 0.381 e. The van der Waals surface area contributed by atoms with Crippen molar-refractivity contribution in [2.45, 2.75) is 70.5 Å². The minimum atomic E-state index is -3.32. The summed E-state index contributed by atoms with van der Waals surface area (Å²) in [6, 6.07) is 0. The normalized spacial score (nSPS) is 15.6. The number of unbranched alkanes of at least 4 members (excludes halogenated alkanes) is 2. The lowest BCUT2D eigenvalue weighted by Crippen LogP contribution is -2.39. The van der Waals surface area contributed by atoms with Crippen molar-refractivity contribution in [3.63, 3.8) is 0 Å². The van der Waals surface area contributed by atoms with Crippen LogP contribution >= 0.6 is 0 Å². The molecule has 0 radical (unpaired) electrons. The van der Waals surface area contributed by atoms with Gasteiger partial charge in [-0.25, -0.2) is 13.1 Å². The molecule has 1 saturated carbocycles. The Bertz CT molecular complexity index is 602. The summed E-state index contributed by atoms with van der Waals surface area (Å²) in [4.78, 5) is 12.0. The van der Waals surface area contributed by atoms with Crippen molar-refractivity contribution >= 4 is 15.9 Å². The average Bonchev–Trinajstić information content (AvgIpc) is 3.39. The summed E-state index contributed by atoms with van der Waals surface area (Å²) in [6.07, 6.45) is 9.56. The molecule has 1 aliphatic rings. The van der Waals surface area contributed by atoms with Gasteiger partial charge in [-0.3, -0.25) is 4.79 Å². The van der Waals surface area contributed by atoms with E-state index in [1.807, 2.05) is 6.08 Å². The standard InChI is InChI=1S/C20H36N2O4S/c1-5-18(10-7-9-15-26-16-17-12-13-17)22-19(23)11-6-8-14-21-27(24,25)20(2,3)4/h5,10,17,21H,1,6-9,11-16H2,2-4H3,(H,22,23)/b18-10+. The molecule has 156 valence electrons. The molecule has 0 atom stereocenters. The van der Waals surface area contributed by atoms with Gasteiger partial charge in [0.1, 0.15) is 0 Å². The Kier molecular flexibility index (Phi) is 10.3. The van der Waals surface area contributed by atoms with Crippen LogP contribution in [0.25, 0.3) is 0 Å². The number of hydrogen-bond acceptors (Lipinski definition) is 4. The molecular formula is C20H36N2O4S. The Balaban J connectivity index is 2.13. The quantitative estimate of drug-likeness (QED) is 0.346. The molecule has 0 aliphatic heterocycles. The van der Waals surface area contributed by atoms with Gasteiger partial charge >= 0.3 is 0 Å². The maximum atomic E-state index is 12.0. The fourth-order valence-corrected chi connectivity index (χ4v) is 3.07. The van der Waals surface area contributed by atoms with E-state index in [-0.39, 0.29) is 5.91 Å². The number of allylic oxidation sites excluding steroid dienone is 2. The molecule has 1 fully saturated rings. The highest BCUT2D eigenvalue weighted by Gasteiger charge is 2.27. The first-order valence-electron chi connectivity index (χ1n) is 9.85. The Hall–Kier alpha value is -1.18. The highest BCUT2D eigenvalue weighted by molar-refractivity contribution is 7.90. The molecule has 1 rings (SSSR count). The van der Waals surface area contributed by atoms with E-state index in [1.165, 1.54) is 12.8 Å². The van der Waals surface area contributed by atoms with Crippen molar-refractivity contribution < 1.29 is 17.9 Å². The number of sulfonamides is 1. The number of carbonyl (C=O) groups excluding carboxylic acids is 1. The summed E-state index contributed by atoms with van der Waals surface area (Å²) in [5.74, 6) is 0.706. The molecule has 0 unspecified atom stereocenters. The first kappa shape index (κ1) is 23.9. The first-order valence-corrected chi connectivity index (χ1v) is 11.3. The van der Waals surface area contributed by atoms with E-state index in [1.54, 1.807) is 26.8 Å². The van der Waals surface area contributed by atoms with Crippen LogP contribution in [0, 0.1) is 5.92 Å². The second-order valence-corrected chi connectivity index (χ2v) is 10.6. The van der Waals surface area contributed by atoms with Crippen LogP contribution in [0.4, 0.5) is 0 Å². The molecule has 7 heteroatoms. The van der Waals surface area contributed by atoms with Gasteiger partial charge in [-0.05, 0) is 71.3 Å². The fraction of sp³-hybridized carbons (Fsp3) is 0.750. The summed E-state index contributed by atoms with van der Waals surface area (Å²) in [5, 5.41) is 2.84. The van der Waals surface area contributed by atoms with E-state index >= 15 is 0 Å². The third-order valence-electron chi connectivity index (χ3n) is 4.34. The van der Waals surface area contributed by atoms with Crippen LogP contribution in [-0.2, 0) is 19.6 Å². The van der Waals surface area contributed by atoms with E-state index in [9.17, 15) is 13.2 Å². The second-order valence-electron chi connectivity index (χ2n) is 8.04. The van der Waals surface area contributed by atoms with Gasteiger partial charge in [0.25, 0.3) is 0 Å². The third-order valence-corrected chi connectivity index (χ3v) is 6.54. The summed E-state index contributed by atoms with van der Waals surface area (Å²) in [6.45, 7) is 10.7. The molecular weight excluding hydrogens is 364 g/mol. The molecule has 1 aliphatic carbocycles. The smallest absolute Gasteiger partial charge is 0.224 e. The monoisotopic (exact) mass is 400 g/mol. The van der Waals surface area contributed by atoms with Gasteiger partial charge in [0, 0.05) is 31.9 Å².